The zero-order valence-electron chi connectivity index (χ0n) is 6.98. The van der Waals surface area contributed by atoms with Gasteiger partial charge in [0, 0.05) is 12.5 Å². The van der Waals surface area contributed by atoms with Crippen LogP contribution in [-0.4, -0.2) is 19.5 Å². The van der Waals surface area contributed by atoms with Crippen molar-refractivity contribution in [2.24, 2.45) is 5.41 Å². The fourth-order valence-electron chi connectivity index (χ4n) is 0.729. The third-order valence-corrected chi connectivity index (χ3v) is 1.26. The summed E-state index contributed by atoms with van der Waals surface area (Å²) in [7, 11) is 1.61. The third-order valence-electron chi connectivity index (χ3n) is 1.14. The molecular weight excluding hydrogens is 152 g/mol. The maximum Gasteiger partial charge on any atom is 0.163 e. The van der Waals surface area contributed by atoms with Gasteiger partial charge in [-0.25, -0.2) is 0 Å². The van der Waals surface area contributed by atoms with Gasteiger partial charge in [-0.1, -0.05) is 32.4 Å². The minimum atomic E-state index is -0.218. The lowest BCUT2D eigenvalue weighted by Gasteiger charge is -2.27. The molecule has 0 bridgehead atoms. The number of rotatable bonds is 3. The molecule has 0 N–H and O–H groups in total. The minimum Gasteiger partial charge on any atom is -0.355 e. The summed E-state index contributed by atoms with van der Waals surface area (Å²) in [5.41, 5.74) is -0.0103. The van der Waals surface area contributed by atoms with Gasteiger partial charge in [-0.3, -0.25) is 0 Å². The van der Waals surface area contributed by atoms with Crippen LogP contribution in [0.5, 0.6) is 0 Å². The molecule has 0 aromatic heterocycles. The van der Waals surface area contributed by atoms with Crippen LogP contribution in [0.2, 0.25) is 0 Å². The lowest BCUT2D eigenvalue weighted by atomic mass is 9.96. The first-order valence-corrected chi connectivity index (χ1v) is 3.76. The molecule has 0 spiro atoms. The smallest absolute Gasteiger partial charge is 0.163 e. The second kappa shape index (κ2) is 4.16. The van der Waals surface area contributed by atoms with Crippen LogP contribution >= 0.6 is 11.6 Å². The van der Waals surface area contributed by atoms with Crippen molar-refractivity contribution < 1.29 is 9.47 Å². The largest absolute Gasteiger partial charge is 0.355 e. The summed E-state index contributed by atoms with van der Waals surface area (Å²) in [5, 5.41) is 0. The van der Waals surface area contributed by atoms with E-state index in [2.05, 4.69) is 0 Å². The Morgan fingerprint density at radius 1 is 1.40 bits per heavy atom. The molecular formula is C7H15ClO2. The lowest BCUT2D eigenvalue weighted by Crippen LogP contribution is -2.30. The highest BCUT2D eigenvalue weighted by molar-refractivity contribution is 6.17. The van der Waals surface area contributed by atoms with E-state index in [1.165, 1.54) is 0 Å². The quantitative estimate of drug-likeness (QED) is 0.473. The van der Waals surface area contributed by atoms with Gasteiger partial charge in [-0.05, 0) is 0 Å². The molecule has 62 valence electrons. The number of hydrogen-bond donors (Lipinski definition) is 0. The van der Waals surface area contributed by atoms with Crippen LogP contribution in [0.3, 0.4) is 0 Å². The molecule has 0 radical (unpaired) electrons. The Morgan fingerprint density at radius 2 is 1.90 bits per heavy atom. The van der Waals surface area contributed by atoms with Crippen molar-refractivity contribution >= 4 is 11.6 Å². The molecule has 1 atom stereocenters. The van der Waals surface area contributed by atoms with Crippen LogP contribution in [0.1, 0.15) is 20.8 Å². The van der Waals surface area contributed by atoms with E-state index < -0.39 is 0 Å². The molecule has 3 heteroatoms. The van der Waals surface area contributed by atoms with E-state index in [0.29, 0.717) is 0 Å². The Balaban J connectivity index is 3.81. The van der Waals surface area contributed by atoms with E-state index in [0.717, 1.165) is 0 Å². The molecule has 0 saturated heterocycles. The standard InChI is InChI=1S/C7H15ClO2/c1-7(2,3)6(9-4)10-5-8/h6H,5H2,1-4H3. The van der Waals surface area contributed by atoms with Gasteiger partial charge in [-0.2, -0.15) is 0 Å². The average molecular weight is 167 g/mol. The Morgan fingerprint density at radius 3 is 2.00 bits per heavy atom. The first-order chi connectivity index (χ1) is 4.52. The summed E-state index contributed by atoms with van der Waals surface area (Å²) in [5.74, 6) is 0. The summed E-state index contributed by atoms with van der Waals surface area (Å²) < 4.78 is 10.1. The normalized spacial score (nSPS) is 15.3. The summed E-state index contributed by atoms with van der Waals surface area (Å²) in [6, 6.07) is 0.176. The van der Waals surface area contributed by atoms with Crippen molar-refractivity contribution in [2.45, 2.75) is 27.1 Å². The Hall–Kier alpha value is 0.210. The summed E-state index contributed by atoms with van der Waals surface area (Å²) >= 11 is 5.38. The van der Waals surface area contributed by atoms with E-state index in [1.807, 2.05) is 20.8 Å². The molecule has 10 heavy (non-hydrogen) atoms. The van der Waals surface area contributed by atoms with Crippen molar-refractivity contribution in [2.75, 3.05) is 13.2 Å². The maximum atomic E-state index is 5.38. The topological polar surface area (TPSA) is 18.5 Å². The molecule has 0 saturated carbocycles. The molecule has 0 aliphatic rings. The zero-order chi connectivity index (χ0) is 8.20. The highest BCUT2D eigenvalue weighted by atomic mass is 35.5. The second-order valence-electron chi connectivity index (χ2n) is 3.21. The van der Waals surface area contributed by atoms with E-state index in [4.69, 9.17) is 21.1 Å². The number of alkyl halides is 1. The predicted octanol–water partition coefficient (Wildman–Crippen LogP) is 2.22. The van der Waals surface area contributed by atoms with Crippen molar-refractivity contribution in [3.63, 3.8) is 0 Å². The number of hydrogen-bond acceptors (Lipinski definition) is 2. The molecule has 0 fully saturated rings. The Labute approximate surface area is 67.5 Å². The molecule has 0 aromatic rings. The third kappa shape index (κ3) is 3.40. The van der Waals surface area contributed by atoms with Gasteiger partial charge < -0.3 is 9.47 Å². The van der Waals surface area contributed by atoms with E-state index in [-0.39, 0.29) is 17.8 Å². The van der Waals surface area contributed by atoms with Crippen LogP contribution in [-0.2, 0) is 9.47 Å². The maximum absolute atomic E-state index is 5.38. The van der Waals surface area contributed by atoms with Crippen molar-refractivity contribution in [1.29, 1.82) is 0 Å². The minimum absolute atomic E-state index is 0.0103. The fraction of sp³-hybridized carbons (Fsp3) is 1.00. The average Bonchev–Trinajstić information content (AvgIpc) is 1.80. The second-order valence-corrected chi connectivity index (χ2v) is 3.43. The fourth-order valence-corrected chi connectivity index (χ4v) is 0.843. The highest BCUT2D eigenvalue weighted by Gasteiger charge is 2.24. The van der Waals surface area contributed by atoms with Gasteiger partial charge in [0.1, 0.15) is 6.07 Å². The molecule has 0 heterocycles. The van der Waals surface area contributed by atoms with Crippen LogP contribution in [0.15, 0.2) is 0 Å². The Bertz CT molecular complexity index is 88.1. The molecule has 1 unspecified atom stereocenters. The number of methoxy groups -OCH3 is 1. The first kappa shape index (κ1) is 10.2. The number of halogens is 1. The lowest BCUT2D eigenvalue weighted by molar-refractivity contribution is -0.167. The van der Waals surface area contributed by atoms with E-state index in [9.17, 15) is 0 Å². The van der Waals surface area contributed by atoms with Crippen molar-refractivity contribution in [3.8, 4) is 0 Å². The predicted molar refractivity (Wildman–Crippen MR) is 42.1 cm³/mol. The van der Waals surface area contributed by atoms with Gasteiger partial charge in [-0.15, -0.1) is 0 Å². The van der Waals surface area contributed by atoms with E-state index in [1.54, 1.807) is 7.11 Å². The number of ether oxygens (including phenoxy) is 2. The van der Waals surface area contributed by atoms with E-state index >= 15 is 0 Å². The van der Waals surface area contributed by atoms with Gasteiger partial charge in [0.15, 0.2) is 6.29 Å². The monoisotopic (exact) mass is 166 g/mol. The molecule has 0 amide bonds. The zero-order valence-corrected chi connectivity index (χ0v) is 7.73. The molecule has 0 aliphatic carbocycles. The van der Waals surface area contributed by atoms with Gasteiger partial charge in [0.2, 0.25) is 0 Å². The van der Waals surface area contributed by atoms with Crippen molar-refractivity contribution in [3.05, 3.63) is 0 Å². The van der Waals surface area contributed by atoms with Gasteiger partial charge in [0.05, 0.1) is 0 Å². The molecule has 0 aromatic carbocycles. The summed E-state index contributed by atoms with van der Waals surface area (Å²) in [6.45, 7) is 6.11. The van der Waals surface area contributed by atoms with Crippen LogP contribution in [0.25, 0.3) is 0 Å². The Kier molecular flexibility index (Phi) is 4.25. The molecule has 2 nitrogen and oxygen atoms in total. The van der Waals surface area contributed by atoms with Crippen LogP contribution in [0.4, 0.5) is 0 Å². The summed E-state index contributed by atoms with van der Waals surface area (Å²) in [4.78, 5) is 0. The molecule has 0 rings (SSSR count). The molecule has 0 aliphatic heterocycles. The van der Waals surface area contributed by atoms with Crippen LogP contribution in [0, 0.1) is 5.41 Å². The van der Waals surface area contributed by atoms with Gasteiger partial charge in [0.25, 0.3) is 0 Å². The van der Waals surface area contributed by atoms with Crippen molar-refractivity contribution in [1.82, 2.24) is 0 Å². The van der Waals surface area contributed by atoms with Crippen LogP contribution < -0.4 is 0 Å². The summed E-state index contributed by atoms with van der Waals surface area (Å²) in [6.07, 6.45) is -0.218. The highest BCUT2D eigenvalue weighted by Crippen LogP contribution is 2.22. The first-order valence-electron chi connectivity index (χ1n) is 3.22. The SMILES string of the molecule is COC(OCCl)C(C)(C)C. The van der Waals surface area contributed by atoms with Gasteiger partial charge >= 0.3 is 0 Å².